The van der Waals surface area contributed by atoms with Gasteiger partial charge in [-0.3, -0.25) is 9.59 Å². The minimum Gasteiger partial charge on any atom is -0.481 e. The normalized spacial score (nSPS) is 18.0. The van der Waals surface area contributed by atoms with Crippen molar-refractivity contribution in [1.82, 2.24) is 4.57 Å². The monoisotopic (exact) mass is 377 g/mol. The summed E-state index contributed by atoms with van der Waals surface area (Å²) in [5.74, 6) is -0.637. The van der Waals surface area contributed by atoms with Crippen LogP contribution in [0.15, 0.2) is 34.9 Å². The molecule has 1 aromatic heterocycles. The first-order valence-corrected chi connectivity index (χ1v) is 10.3. The fourth-order valence-corrected chi connectivity index (χ4v) is 4.74. The third-order valence-corrected chi connectivity index (χ3v) is 6.05. The largest absolute Gasteiger partial charge is 0.481 e. The van der Waals surface area contributed by atoms with Crippen LogP contribution in [0.2, 0.25) is 0 Å². The van der Waals surface area contributed by atoms with Crippen LogP contribution in [0.25, 0.3) is 12.2 Å². The van der Waals surface area contributed by atoms with E-state index in [1.165, 1.54) is 11.1 Å². The molecule has 0 atom stereocenters. The van der Waals surface area contributed by atoms with Gasteiger partial charge in [0.15, 0.2) is 5.78 Å². The first-order chi connectivity index (χ1) is 13.6. The SMILES string of the molecule is Cc1c(C(=O)C2=CCCC3=C2CCC=C3)c2c(n1CCCC(=O)O)=CCCC=2. The van der Waals surface area contributed by atoms with Crippen LogP contribution in [0.3, 0.4) is 0 Å². The standard InChI is InChI=1S/C24H27NO3/c1-16-23(24(28)19-12-6-9-17-8-2-3-10-18(17)19)20-11-4-5-13-21(20)25(16)15-7-14-22(26)27/h2,8,11-13H,3-7,9-10,14-15H2,1H3,(H,26,27). The van der Waals surface area contributed by atoms with Crippen LogP contribution in [0.1, 0.15) is 67.4 Å². The van der Waals surface area contributed by atoms with Gasteiger partial charge >= 0.3 is 5.97 Å². The predicted octanol–water partition coefficient (Wildman–Crippen LogP) is 3.57. The average Bonchev–Trinajstić information content (AvgIpc) is 2.98. The molecule has 3 aliphatic carbocycles. The Morgan fingerprint density at radius 2 is 1.89 bits per heavy atom. The molecule has 0 saturated heterocycles. The molecule has 1 N–H and O–H groups in total. The molecule has 0 bridgehead atoms. The molecule has 0 amide bonds. The maximum atomic E-state index is 13.7. The van der Waals surface area contributed by atoms with Crippen LogP contribution in [0.5, 0.6) is 0 Å². The number of allylic oxidation sites excluding steroid dienone is 6. The predicted molar refractivity (Wildman–Crippen MR) is 111 cm³/mol. The van der Waals surface area contributed by atoms with Gasteiger partial charge in [0.1, 0.15) is 0 Å². The van der Waals surface area contributed by atoms with E-state index in [9.17, 15) is 9.59 Å². The molecule has 4 rings (SSSR count). The zero-order chi connectivity index (χ0) is 19.7. The summed E-state index contributed by atoms with van der Waals surface area (Å²) in [7, 11) is 0. The number of aromatic nitrogens is 1. The van der Waals surface area contributed by atoms with E-state index in [2.05, 4.69) is 34.9 Å². The van der Waals surface area contributed by atoms with E-state index in [0.717, 1.165) is 65.9 Å². The highest BCUT2D eigenvalue weighted by Crippen LogP contribution is 2.34. The van der Waals surface area contributed by atoms with Crippen LogP contribution >= 0.6 is 0 Å². The molecule has 0 radical (unpaired) electrons. The number of carboxylic acids is 1. The van der Waals surface area contributed by atoms with Crippen molar-refractivity contribution >= 4 is 23.9 Å². The number of nitrogens with zero attached hydrogens (tertiary/aromatic N) is 1. The molecule has 4 nitrogen and oxygen atoms in total. The van der Waals surface area contributed by atoms with Gasteiger partial charge in [-0.15, -0.1) is 0 Å². The number of rotatable bonds is 6. The molecule has 28 heavy (non-hydrogen) atoms. The molecular weight excluding hydrogens is 350 g/mol. The highest BCUT2D eigenvalue weighted by Gasteiger charge is 2.26. The quantitative estimate of drug-likeness (QED) is 0.771. The fraction of sp³-hybridized carbons (Fsp3) is 0.417. The Bertz CT molecular complexity index is 1050. The van der Waals surface area contributed by atoms with Gasteiger partial charge in [-0.25, -0.2) is 0 Å². The minimum atomic E-state index is -0.775. The van der Waals surface area contributed by atoms with E-state index in [4.69, 9.17) is 5.11 Å². The van der Waals surface area contributed by atoms with Crippen LogP contribution in [0.4, 0.5) is 0 Å². The molecule has 0 aromatic carbocycles. The van der Waals surface area contributed by atoms with E-state index >= 15 is 0 Å². The molecule has 4 heteroatoms. The Morgan fingerprint density at radius 3 is 2.71 bits per heavy atom. The molecule has 0 spiro atoms. The second kappa shape index (κ2) is 7.78. The summed E-state index contributed by atoms with van der Waals surface area (Å²) in [6.45, 7) is 2.64. The van der Waals surface area contributed by atoms with Gasteiger partial charge in [-0.1, -0.05) is 30.4 Å². The number of ketones is 1. The molecule has 146 valence electrons. The first-order valence-electron chi connectivity index (χ1n) is 10.3. The van der Waals surface area contributed by atoms with Crippen molar-refractivity contribution in [2.75, 3.05) is 0 Å². The van der Waals surface area contributed by atoms with Gasteiger partial charge in [-0.05, 0) is 63.0 Å². The van der Waals surface area contributed by atoms with Gasteiger partial charge in [-0.2, -0.15) is 0 Å². The number of carboxylic acid groups (broad SMARTS) is 1. The Balaban J connectivity index is 1.76. The van der Waals surface area contributed by atoms with Crippen LogP contribution in [0, 0.1) is 6.92 Å². The second-order valence-electron chi connectivity index (χ2n) is 7.82. The van der Waals surface area contributed by atoms with Gasteiger partial charge in [0.2, 0.25) is 0 Å². The van der Waals surface area contributed by atoms with Crippen molar-refractivity contribution in [1.29, 1.82) is 0 Å². The second-order valence-corrected chi connectivity index (χ2v) is 7.82. The summed E-state index contributed by atoms with van der Waals surface area (Å²) in [5.41, 5.74) is 5.22. The zero-order valence-corrected chi connectivity index (χ0v) is 16.5. The summed E-state index contributed by atoms with van der Waals surface area (Å²) in [6, 6.07) is 0. The molecule has 1 heterocycles. The lowest BCUT2D eigenvalue weighted by molar-refractivity contribution is -0.137. The molecule has 0 fully saturated rings. The number of carbonyl (C=O) groups is 2. The molecule has 0 unspecified atom stereocenters. The lowest BCUT2D eigenvalue weighted by atomic mass is 9.81. The van der Waals surface area contributed by atoms with Gasteiger partial charge < -0.3 is 9.67 Å². The first kappa shape index (κ1) is 18.7. The highest BCUT2D eigenvalue weighted by atomic mass is 16.4. The highest BCUT2D eigenvalue weighted by molar-refractivity contribution is 6.13. The molecule has 0 aliphatic heterocycles. The number of hydrogen-bond acceptors (Lipinski definition) is 2. The maximum Gasteiger partial charge on any atom is 0.303 e. The van der Waals surface area contributed by atoms with E-state index in [1.54, 1.807) is 0 Å². The Hall–Kier alpha value is -2.62. The summed E-state index contributed by atoms with van der Waals surface area (Å²) in [6.07, 6.45) is 17.4. The van der Waals surface area contributed by atoms with Crippen molar-refractivity contribution in [3.8, 4) is 0 Å². The van der Waals surface area contributed by atoms with Gasteiger partial charge in [0.25, 0.3) is 0 Å². The number of Topliss-reactive ketones (excluding diaryl/α,β-unsaturated/α-hetero) is 1. The molecule has 0 saturated carbocycles. The van der Waals surface area contributed by atoms with E-state index < -0.39 is 5.97 Å². The van der Waals surface area contributed by atoms with E-state index in [-0.39, 0.29) is 12.2 Å². The lowest BCUT2D eigenvalue weighted by Gasteiger charge is -2.22. The maximum absolute atomic E-state index is 13.7. The van der Waals surface area contributed by atoms with Crippen LogP contribution in [-0.2, 0) is 11.3 Å². The van der Waals surface area contributed by atoms with Crippen LogP contribution < -0.4 is 10.6 Å². The summed E-state index contributed by atoms with van der Waals surface area (Å²) in [5, 5.41) is 11.1. The lowest BCUT2D eigenvalue weighted by Crippen LogP contribution is -2.33. The van der Waals surface area contributed by atoms with Crippen LogP contribution in [-0.4, -0.2) is 21.4 Å². The Kier molecular flexibility index (Phi) is 5.21. The van der Waals surface area contributed by atoms with Gasteiger partial charge in [0, 0.05) is 34.8 Å². The minimum absolute atomic E-state index is 0.139. The van der Waals surface area contributed by atoms with Crippen molar-refractivity contribution in [3.05, 3.63) is 56.8 Å². The van der Waals surface area contributed by atoms with Crippen molar-refractivity contribution < 1.29 is 14.7 Å². The van der Waals surface area contributed by atoms with Crippen molar-refractivity contribution in [2.45, 2.75) is 64.8 Å². The van der Waals surface area contributed by atoms with E-state index in [0.29, 0.717) is 13.0 Å². The summed E-state index contributed by atoms with van der Waals surface area (Å²) < 4.78 is 2.15. The average molecular weight is 377 g/mol. The smallest absolute Gasteiger partial charge is 0.303 e. The molecule has 1 aromatic rings. The summed E-state index contributed by atoms with van der Waals surface area (Å²) in [4.78, 5) is 24.6. The third kappa shape index (κ3) is 3.32. The fourth-order valence-electron chi connectivity index (χ4n) is 4.74. The van der Waals surface area contributed by atoms with Crippen molar-refractivity contribution in [3.63, 3.8) is 0 Å². The Morgan fingerprint density at radius 1 is 1.07 bits per heavy atom. The third-order valence-electron chi connectivity index (χ3n) is 6.05. The Labute approximate surface area is 165 Å². The zero-order valence-electron chi connectivity index (χ0n) is 16.5. The molecule has 3 aliphatic rings. The van der Waals surface area contributed by atoms with Gasteiger partial charge in [0.05, 0.1) is 5.56 Å². The number of hydrogen-bond donors (Lipinski definition) is 1. The topological polar surface area (TPSA) is 59.3 Å². The van der Waals surface area contributed by atoms with E-state index in [1.807, 2.05) is 6.92 Å². The number of fused-ring (bicyclic) bond motifs is 1. The summed E-state index contributed by atoms with van der Waals surface area (Å²) >= 11 is 0. The molecular formula is C24H27NO3. The number of carbonyl (C=O) groups excluding carboxylic acids is 1. The number of aliphatic carboxylic acids is 1. The van der Waals surface area contributed by atoms with Crippen molar-refractivity contribution in [2.24, 2.45) is 0 Å².